The van der Waals surface area contributed by atoms with Crippen molar-refractivity contribution in [2.45, 2.75) is 18.7 Å². The summed E-state index contributed by atoms with van der Waals surface area (Å²) in [5.74, 6) is -0.348. The number of nitrogens with zero attached hydrogens (tertiary/aromatic N) is 2. The van der Waals surface area contributed by atoms with Crippen molar-refractivity contribution in [2.75, 3.05) is 31.6 Å². The smallest absolute Gasteiger partial charge is 0.272 e. The highest BCUT2D eigenvalue weighted by atomic mass is 32.2. The maximum Gasteiger partial charge on any atom is 0.272 e. The summed E-state index contributed by atoms with van der Waals surface area (Å²) in [7, 11) is -1.97. The first-order chi connectivity index (χ1) is 12.3. The summed E-state index contributed by atoms with van der Waals surface area (Å²) in [4.78, 5) is 12.7. The summed E-state index contributed by atoms with van der Waals surface area (Å²) in [6, 6.07) is 7.07. The van der Waals surface area contributed by atoms with Crippen LogP contribution in [0.3, 0.4) is 0 Å². The van der Waals surface area contributed by atoms with Gasteiger partial charge in [0, 0.05) is 32.0 Å². The van der Waals surface area contributed by atoms with Crippen molar-refractivity contribution in [2.24, 2.45) is 7.05 Å². The molecule has 2 heterocycles. The molecule has 0 bridgehead atoms. The molecule has 8 heteroatoms. The number of hydrogen-bond donors (Lipinski definition) is 1. The van der Waals surface area contributed by atoms with Crippen LogP contribution < -0.4 is 5.32 Å². The minimum atomic E-state index is -3.63. The molecule has 1 aliphatic heterocycles. The van der Waals surface area contributed by atoms with Crippen molar-refractivity contribution in [1.82, 2.24) is 8.87 Å². The third-order valence-electron chi connectivity index (χ3n) is 4.59. The molecule has 1 saturated heterocycles. The summed E-state index contributed by atoms with van der Waals surface area (Å²) in [6.07, 6.45) is 1.47. The second-order valence-electron chi connectivity index (χ2n) is 6.44. The average molecular weight is 377 g/mol. The number of benzene rings is 1. The first-order valence-corrected chi connectivity index (χ1v) is 9.86. The lowest BCUT2D eigenvalue weighted by Gasteiger charge is -2.25. The third-order valence-corrected chi connectivity index (χ3v) is 6.45. The predicted octanol–water partition coefficient (Wildman–Crippen LogP) is 1.92. The lowest BCUT2D eigenvalue weighted by molar-refractivity contribution is 0.0730. The van der Waals surface area contributed by atoms with Crippen LogP contribution in [0.2, 0.25) is 0 Å². The summed E-state index contributed by atoms with van der Waals surface area (Å²) in [5, 5.41) is 2.82. The minimum absolute atomic E-state index is 0.118. The summed E-state index contributed by atoms with van der Waals surface area (Å²) in [6.45, 7) is 5.38. The molecule has 1 fully saturated rings. The molecule has 3 rings (SSSR count). The number of morpholine rings is 1. The van der Waals surface area contributed by atoms with E-state index in [9.17, 15) is 13.2 Å². The van der Waals surface area contributed by atoms with E-state index in [2.05, 4.69) is 5.32 Å². The quantitative estimate of drug-likeness (QED) is 0.883. The van der Waals surface area contributed by atoms with Crippen LogP contribution in [0.4, 0.5) is 5.69 Å². The van der Waals surface area contributed by atoms with E-state index in [-0.39, 0.29) is 16.5 Å². The van der Waals surface area contributed by atoms with Gasteiger partial charge in [-0.15, -0.1) is 0 Å². The number of sulfonamides is 1. The molecular weight excluding hydrogens is 354 g/mol. The number of aromatic nitrogens is 1. The number of rotatable bonds is 4. The van der Waals surface area contributed by atoms with E-state index in [0.717, 1.165) is 11.1 Å². The zero-order chi connectivity index (χ0) is 18.9. The Hall–Kier alpha value is -2.16. The normalized spacial score (nSPS) is 15.8. The number of aryl methyl sites for hydroxylation is 3. The molecule has 140 valence electrons. The van der Waals surface area contributed by atoms with Gasteiger partial charge in [-0.1, -0.05) is 6.07 Å². The van der Waals surface area contributed by atoms with Gasteiger partial charge in [-0.25, -0.2) is 8.42 Å². The van der Waals surface area contributed by atoms with E-state index in [0.29, 0.717) is 32.0 Å². The number of carbonyl (C=O) groups is 1. The van der Waals surface area contributed by atoms with Crippen LogP contribution in [-0.4, -0.2) is 49.5 Å². The van der Waals surface area contributed by atoms with Gasteiger partial charge in [-0.2, -0.15) is 4.31 Å². The monoisotopic (exact) mass is 377 g/mol. The molecule has 1 aromatic heterocycles. The number of ether oxygens (including phenoxy) is 1. The van der Waals surface area contributed by atoms with E-state index in [1.807, 2.05) is 32.0 Å². The van der Waals surface area contributed by atoms with Crippen molar-refractivity contribution in [3.8, 4) is 0 Å². The highest BCUT2D eigenvalue weighted by Gasteiger charge is 2.28. The van der Waals surface area contributed by atoms with Gasteiger partial charge in [0.2, 0.25) is 10.0 Å². The molecule has 7 nitrogen and oxygen atoms in total. The van der Waals surface area contributed by atoms with Crippen LogP contribution in [0.25, 0.3) is 0 Å². The summed E-state index contributed by atoms with van der Waals surface area (Å²) in [5.41, 5.74) is 3.18. The first-order valence-electron chi connectivity index (χ1n) is 8.42. The molecule has 0 unspecified atom stereocenters. The molecule has 0 spiro atoms. The van der Waals surface area contributed by atoms with E-state index in [1.165, 1.54) is 21.1 Å². The van der Waals surface area contributed by atoms with Crippen LogP contribution >= 0.6 is 0 Å². The van der Waals surface area contributed by atoms with Crippen LogP contribution in [0, 0.1) is 13.8 Å². The zero-order valence-electron chi connectivity index (χ0n) is 15.2. The highest BCUT2D eigenvalue weighted by Crippen LogP contribution is 2.21. The molecule has 1 amide bonds. The Morgan fingerprint density at radius 1 is 1.12 bits per heavy atom. The van der Waals surface area contributed by atoms with Gasteiger partial charge in [0.05, 0.1) is 13.2 Å². The molecule has 0 radical (unpaired) electrons. The number of carbonyl (C=O) groups excluding carboxylic acids is 1. The van der Waals surface area contributed by atoms with Crippen molar-refractivity contribution in [3.05, 3.63) is 47.3 Å². The number of hydrogen-bond acceptors (Lipinski definition) is 4. The van der Waals surface area contributed by atoms with Crippen LogP contribution in [-0.2, 0) is 21.8 Å². The fourth-order valence-corrected chi connectivity index (χ4v) is 4.33. The van der Waals surface area contributed by atoms with Crippen molar-refractivity contribution in [3.63, 3.8) is 0 Å². The van der Waals surface area contributed by atoms with Gasteiger partial charge in [-0.05, 0) is 43.2 Å². The molecule has 0 saturated carbocycles. The molecule has 0 atom stereocenters. The van der Waals surface area contributed by atoms with Gasteiger partial charge in [0.1, 0.15) is 10.6 Å². The average Bonchev–Trinajstić information content (AvgIpc) is 3.02. The molecule has 2 aromatic rings. The van der Waals surface area contributed by atoms with Crippen LogP contribution in [0.5, 0.6) is 0 Å². The maximum absolute atomic E-state index is 12.7. The molecule has 1 N–H and O–H groups in total. The van der Waals surface area contributed by atoms with Gasteiger partial charge in [0.25, 0.3) is 5.91 Å². The number of nitrogens with one attached hydrogen (secondary N) is 1. The lowest BCUT2D eigenvalue weighted by Crippen LogP contribution is -2.40. The maximum atomic E-state index is 12.7. The van der Waals surface area contributed by atoms with E-state index in [1.54, 1.807) is 7.05 Å². The Labute approximate surface area is 153 Å². The van der Waals surface area contributed by atoms with Gasteiger partial charge >= 0.3 is 0 Å². The molecule has 1 aromatic carbocycles. The summed E-state index contributed by atoms with van der Waals surface area (Å²) < 4.78 is 33.6. The Morgan fingerprint density at radius 2 is 1.81 bits per heavy atom. The van der Waals surface area contributed by atoms with Gasteiger partial charge in [-0.3, -0.25) is 4.79 Å². The van der Waals surface area contributed by atoms with Gasteiger partial charge < -0.3 is 14.6 Å². The number of anilines is 1. The molecule has 0 aliphatic carbocycles. The molecular formula is C18H23N3O4S. The second kappa shape index (κ2) is 7.22. The predicted molar refractivity (Wildman–Crippen MR) is 98.9 cm³/mol. The van der Waals surface area contributed by atoms with Gasteiger partial charge in [0.15, 0.2) is 0 Å². The SMILES string of the molecule is Cc1ccc(NC(=O)c2cc(S(=O)(=O)N3CCOCC3)cn2C)cc1C. The Morgan fingerprint density at radius 3 is 2.46 bits per heavy atom. The van der Waals surface area contributed by atoms with Crippen LogP contribution in [0.15, 0.2) is 35.4 Å². The third kappa shape index (κ3) is 3.67. The standard InChI is InChI=1S/C18H23N3O4S/c1-13-4-5-15(10-14(13)2)19-18(22)17-11-16(12-20(17)3)26(23,24)21-6-8-25-9-7-21/h4-5,10-12H,6-9H2,1-3H3,(H,19,22). The highest BCUT2D eigenvalue weighted by molar-refractivity contribution is 7.89. The van der Waals surface area contributed by atoms with Crippen molar-refractivity contribution in [1.29, 1.82) is 0 Å². The Balaban J connectivity index is 1.83. The fourth-order valence-electron chi connectivity index (χ4n) is 2.85. The van der Waals surface area contributed by atoms with E-state index < -0.39 is 10.0 Å². The minimum Gasteiger partial charge on any atom is -0.379 e. The summed E-state index contributed by atoms with van der Waals surface area (Å²) >= 11 is 0. The topological polar surface area (TPSA) is 80.6 Å². The Bertz CT molecular complexity index is 928. The molecule has 26 heavy (non-hydrogen) atoms. The fraction of sp³-hybridized carbons (Fsp3) is 0.389. The lowest BCUT2D eigenvalue weighted by atomic mass is 10.1. The van der Waals surface area contributed by atoms with Crippen LogP contribution in [0.1, 0.15) is 21.6 Å². The van der Waals surface area contributed by atoms with E-state index >= 15 is 0 Å². The van der Waals surface area contributed by atoms with E-state index in [4.69, 9.17) is 4.74 Å². The molecule has 1 aliphatic rings. The van der Waals surface area contributed by atoms with Crippen molar-refractivity contribution < 1.29 is 17.9 Å². The zero-order valence-corrected chi connectivity index (χ0v) is 16.0. The largest absolute Gasteiger partial charge is 0.379 e. The first kappa shape index (κ1) is 18.6. The number of amides is 1. The van der Waals surface area contributed by atoms with Crippen molar-refractivity contribution >= 4 is 21.6 Å². The Kier molecular flexibility index (Phi) is 5.17. The second-order valence-corrected chi connectivity index (χ2v) is 8.38.